The number of hydrogen-bond acceptors (Lipinski definition) is 2. The van der Waals surface area contributed by atoms with Crippen LogP contribution in [0, 0.1) is 5.92 Å². The molecule has 10 heavy (non-hydrogen) atoms. The Morgan fingerprint density at radius 3 is 2.40 bits per heavy atom. The molecule has 0 bridgehead atoms. The predicted octanol–water partition coefficient (Wildman–Crippen LogP) is 3.82. The lowest BCUT2D eigenvalue weighted by Gasteiger charge is -2.07. The third kappa shape index (κ3) is 6.81. The highest BCUT2D eigenvalue weighted by atomic mass is 33.1. The van der Waals surface area contributed by atoms with Gasteiger partial charge in [0.2, 0.25) is 0 Å². The molecule has 0 fully saturated rings. The summed E-state index contributed by atoms with van der Waals surface area (Å²) in [6, 6.07) is 0. The van der Waals surface area contributed by atoms with Crippen molar-refractivity contribution in [3.63, 3.8) is 0 Å². The van der Waals surface area contributed by atoms with E-state index in [1.165, 1.54) is 24.3 Å². The zero-order valence-electron chi connectivity index (χ0n) is 7.22. The van der Waals surface area contributed by atoms with Crippen molar-refractivity contribution in [1.82, 2.24) is 0 Å². The summed E-state index contributed by atoms with van der Waals surface area (Å²) in [4.78, 5) is 0. The summed E-state index contributed by atoms with van der Waals surface area (Å²) in [5.74, 6) is 3.48. The lowest BCUT2D eigenvalue weighted by atomic mass is 10.1. The van der Waals surface area contributed by atoms with Crippen LogP contribution in [0.15, 0.2) is 0 Å². The Morgan fingerprint density at radius 1 is 1.20 bits per heavy atom. The van der Waals surface area contributed by atoms with Gasteiger partial charge in [0.05, 0.1) is 0 Å². The second-order valence-electron chi connectivity index (χ2n) is 2.58. The Balaban J connectivity index is 2.97. The highest BCUT2D eigenvalue weighted by Gasteiger charge is 1.99. The molecule has 1 unspecified atom stereocenters. The van der Waals surface area contributed by atoms with E-state index in [-0.39, 0.29) is 0 Å². The smallest absolute Gasteiger partial charge is 0.00626 e. The highest BCUT2D eigenvalue weighted by Crippen LogP contribution is 2.24. The topological polar surface area (TPSA) is 0 Å². The Labute approximate surface area is 72.9 Å². The lowest BCUT2D eigenvalue weighted by Crippen LogP contribution is -1.95. The van der Waals surface area contributed by atoms with Gasteiger partial charge >= 0.3 is 0 Å². The van der Waals surface area contributed by atoms with E-state index >= 15 is 0 Å². The van der Waals surface area contributed by atoms with Crippen LogP contribution in [0.25, 0.3) is 0 Å². The van der Waals surface area contributed by atoms with Crippen molar-refractivity contribution >= 4 is 21.6 Å². The molecule has 0 radical (unpaired) electrons. The van der Waals surface area contributed by atoms with Crippen LogP contribution < -0.4 is 0 Å². The molecule has 0 saturated carbocycles. The van der Waals surface area contributed by atoms with Crippen molar-refractivity contribution < 1.29 is 0 Å². The van der Waals surface area contributed by atoms with Gasteiger partial charge in [0.25, 0.3) is 0 Å². The van der Waals surface area contributed by atoms with Gasteiger partial charge in [-0.05, 0) is 5.92 Å². The molecule has 0 saturated heterocycles. The summed E-state index contributed by atoms with van der Waals surface area (Å²) < 4.78 is 0. The van der Waals surface area contributed by atoms with E-state index in [1.807, 2.05) is 21.6 Å². The number of hydrogen-bond donors (Lipinski definition) is 0. The van der Waals surface area contributed by atoms with Gasteiger partial charge in [-0.2, -0.15) is 0 Å². The zero-order chi connectivity index (χ0) is 7.82. The maximum absolute atomic E-state index is 2.34. The number of rotatable bonds is 6. The van der Waals surface area contributed by atoms with Crippen molar-refractivity contribution in [2.24, 2.45) is 5.92 Å². The molecular weight excluding hydrogens is 160 g/mol. The second-order valence-corrected chi connectivity index (χ2v) is 5.38. The molecule has 1 atom stereocenters. The summed E-state index contributed by atoms with van der Waals surface area (Å²) in [5.41, 5.74) is 0. The minimum Gasteiger partial charge on any atom is -0.0944 e. The van der Waals surface area contributed by atoms with Gasteiger partial charge in [-0.3, -0.25) is 0 Å². The molecule has 0 aliphatic carbocycles. The summed E-state index contributed by atoms with van der Waals surface area (Å²) in [7, 11) is 4.00. The first kappa shape index (κ1) is 10.7. The van der Waals surface area contributed by atoms with Gasteiger partial charge in [0.1, 0.15) is 0 Å². The zero-order valence-corrected chi connectivity index (χ0v) is 8.86. The first-order chi connectivity index (χ1) is 4.81. The monoisotopic (exact) mass is 178 g/mol. The Kier molecular flexibility index (Phi) is 8.35. The molecule has 0 spiro atoms. The molecule has 2 heteroatoms. The quantitative estimate of drug-likeness (QED) is 0.448. The maximum atomic E-state index is 2.34. The van der Waals surface area contributed by atoms with Gasteiger partial charge in [-0.15, -0.1) is 0 Å². The maximum Gasteiger partial charge on any atom is 0.00626 e. The van der Waals surface area contributed by atoms with Crippen LogP contribution in [0.4, 0.5) is 0 Å². The van der Waals surface area contributed by atoms with E-state index in [4.69, 9.17) is 0 Å². The van der Waals surface area contributed by atoms with Crippen LogP contribution >= 0.6 is 21.6 Å². The molecule has 0 rings (SSSR count). The first-order valence-electron chi connectivity index (χ1n) is 4.05. The molecule has 62 valence electrons. The van der Waals surface area contributed by atoms with Gasteiger partial charge in [0.15, 0.2) is 0 Å². The van der Waals surface area contributed by atoms with Gasteiger partial charge in [-0.25, -0.2) is 0 Å². The normalized spacial score (nSPS) is 13.5. The molecular formula is C8H18S2. The lowest BCUT2D eigenvalue weighted by molar-refractivity contribution is 0.586. The van der Waals surface area contributed by atoms with Crippen LogP contribution in [0.3, 0.4) is 0 Å². The van der Waals surface area contributed by atoms with Gasteiger partial charge in [0, 0.05) is 11.5 Å². The molecule has 0 aromatic rings. The van der Waals surface area contributed by atoms with Gasteiger partial charge < -0.3 is 0 Å². The Morgan fingerprint density at radius 2 is 1.90 bits per heavy atom. The van der Waals surface area contributed by atoms with Crippen LogP contribution in [0.5, 0.6) is 0 Å². The summed E-state index contributed by atoms with van der Waals surface area (Å²) in [6.07, 6.45) is 2.72. The molecule has 0 nitrogen and oxygen atoms in total. The molecule has 0 N–H and O–H groups in total. The molecule has 0 aromatic carbocycles. The first-order valence-corrected chi connectivity index (χ1v) is 6.54. The van der Waals surface area contributed by atoms with E-state index in [1.54, 1.807) is 0 Å². The predicted molar refractivity (Wildman–Crippen MR) is 54.7 cm³/mol. The molecule has 0 aliphatic heterocycles. The van der Waals surface area contributed by atoms with Crippen LogP contribution in [0.2, 0.25) is 0 Å². The fourth-order valence-corrected chi connectivity index (χ4v) is 2.97. The van der Waals surface area contributed by atoms with E-state index in [2.05, 4.69) is 20.8 Å². The van der Waals surface area contributed by atoms with E-state index < -0.39 is 0 Å². The minimum absolute atomic E-state index is 0.911. The van der Waals surface area contributed by atoms with Crippen molar-refractivity contribution in [2.75, 3.05) is 11.5 Å². The van der Waals surface area contributed by atoms with Crippen molar-refractivity contribution in [3.05, 3.63) is 0 Å². The third-order valence-electron chi connectivity index (χ3n) is 1.34. The van der Waals surface area contributed by atoms with Crippen molar-refractivity contribution in [3.8, 4) is 0 Å². The molecule has 0 aromatic heterocycles. The third-order valence-corrected chi connectivity index (χ3v) is 4.06. The fraction of sp³-hybridized carbons (Fsp3) is 1.00. The van der Waals surface area contributed by atoms with Crippen LogP contribution in [0.1, 0.15) is 33.6 Å². The minimum atomic E-state index is 0.911. The van der Waals surface area contributed by atoms with E-state index in [0.717, 1.165) is 5.92 Å². The van der Waals surface area contributed by atoms with Crippen LogP contribution in [-0.2, 0) is 0 Å². The molecule has 0 heterocycles. The largest absolute Gasteiger partial charge is 0.0944 e. The Hall–Kier alpha value is 0.700. The van der Waals surface area contributed by atoms with E-state index in [0.29, 0.717) is 0 Å². The average Bonchev–Trinajstić information content (AvgIpc) is 1.89. The molecule has 0 amide bonds. The standard InChI is InChI=1S/C8H18S2/c1-4-6-8(3)7-10-9-5-2/h8H,4-7H2,1-3H3. The van der Waals surface area contributed by atoms with Crippen LogP contribution in [-0.4, -0.2) is 11.5 Å². The Bertz CT molecular complexity index is 64.3. The average molecular weight is 178 g/mol. The van der Waals surface area contributed by atoms with Crippen molar-refractivity contribution in [2.45, 2.75) is 33.6 Å². The highest BCUT2D eigenvalue weighted by molar-refractivity contribution is 8.76. The summed E-state index contributed by atoms with van der Waals surface area (Å²) in [6.45, 7) is 6.81. The second kappa shape index (κ2) is 7.80. The van der Waals surface area contributed by atoms with E-state index in [9.17, 15) is 0 Å². The SMILES string of the molecule is CCCC(C)CSSCC. The summed E-state index contributed by atoms with van der Waals surface area (Å²) >= 11 is 0. The summed E-state index contributed by atoms with van der Waals surface area (Å²) in [5, 5.41) is 0. The fourth-order valence-electron chi connectivity index (χ4n) is 0.824. The molecule has 0 aliphatic rings. The van der Waals surface area contributed by atoms with Crippen molar-refractivity contribution in [1.29, 1.82) is 0 Å². The van der Waals surface area contributed by atoms with Gasteiger partial charge in [-0.1, -0.05) is 55.2 Å².